The lowest BCUT2D eigenvalue weighted by molar-refractivity contribution is 0.482. The molecule has 22 heavy (non-hydrogen) atoms. The summed E-state index contributed by atoms with van der Waals surface area (Å²) in [6.07, 6.45) is 0.966. The van der Waals surface area contributed by atoms with Gasteiger partial charge in [-0.15, -0.1) is 0 Å². The van der Waals surface area contributed by atoms with Crippen LogP contribution in [0.25, 0.3) is 0 Å². The van der Waals surface area contributed by atoms with Crippen LogP contribution < -0.4 is 5.19 Å². The normalized spacial score (nSPS) is 11.6. The summed E-state index contributed by atoms with van der Waals surface area (Å²) in [4.78, 5) is 0.0697. The van der Waals surface area contributed by atoms with Crippen molar-refractivity contribution in [2.24, 2.45) is 0 Å². The molecule has 2 rings (SSSR count). The Kier molecular flexibility index (Phi) is 5.21. The van der Waals surface area contributed by atoms with Gasteiger partial charge in [-0.3, -0.25) is 4.55 Å². The molecule has 0 aliphatic carbocycles. The molecule has 5 heteroatoms. The van der Waals surface area contributed by atoms with Crippen molar-refractivity contribution in [2.45, 2.75) is 38.1 Å². The molecular weight excluding hydrogens is 312 g/mol. The minimum Gasteiger partial charge on any atom is -0.282 e. The van der Waals surface area contributed by atoms with Crippen LogP contribution >= 0.6 is 0 Å². The highest BCUT2D eigenvalue weighted by atomic mass is 32.2. The lowest BCUT2D eigenvalue weighted by atomic mass is 10.1. The van der Waals surface area contributed by atoms with Gasteiger partial charge in [-0.05, 0) is 43.9 Å². The number of benzene rings is 2. The summed E-state index contributed by atoms with van der Waals surface area (Å²) in [5, 5.41) is 1.05. The van der Waals surface area contributed by atoms with Crippen molar-refractivity contribution >= 4 is 24.8 Å². The second kappa shape index (κ2) is 6.77. The van der Waals surface area contributed by atoms with E-state index in [9.17, 15) is 13.0 Å². The van der Waals surface area contributed by atoms with Crippen molar-refractivity contribution in [3.05, 3.63) is 58.7 Å². The Morgan fingerprint density at radius 3 is 2.27 bits per heavy atom. The Bertz CT molecular complexity index is 768. The number of aryl methyl sites for hydroxylation is 3. The van der Waals surface area contributed by atoms with E-state index in [-0.39, 0.29) is 4.90 Å². The second-order valence-electron chi connectivity index (χ2n) is 5.48. The van der Waals surface area contributed by atoms with Gasteiger partial charge in [-0.2, -0.15) is 8.42 Å². The van der Waals surface area contributed by atoms with Crippen LogP contribution in [0.15, 0.2) is 41.3 Å². The van der Waals surface area contributed by atoms with Crippen molar-refractivity contribution in [3.8, 4) is 0 Å². The monoisotopic (exact) mass is 332 g/mol. The summed E-state index contributed by atoms with van der Waals surface area (Å²) < 4.78 is 32.6. The van der Waals surface area contributed by atoms with E-state index in [1.165, 1.54) is 5.56 Å². The van der Waals surface area contributed by atoms with Gasteiger partial charge in [0.15, 0.2) is 0 Å². The minimum atomic E-state index is -4.18. The zero-order valence-corrected chi connectivity index (χ0v) is 14.9. The molecule has 0 heterocycles. The number of hydrogen-bond acceptors (Lipinski definition) is 2. The van der Waals surface area contributed by atoms with Crippen LogP contribution in [0.3, 0.4) is 0 Å². The zero-order valence-electron chi connectivity index (χ0n) is 13.1. The Balaban J connectivity index is 2.24. The van der Waals surface area contributed by atoms with Gasteiger partial charge in [-0.1, -0.05) is 53.2 Å². The summed E-state index contributed by atoms with van der Waals surface area (Å²) in [5.74, 6) is 0. The molecule has 0 spiro atoms. The van der Waals surface area contributed by atoms with Crippen LogP contribution in [0.2, 0.25) is 6.04 Å². The molecule has 0 atom stereocenters. The predicted octanol–water partition coefficient (Wildman–Crippen LogP) is 2.85. The Morgan fingerprint density at radius 1 is 1.05 bits per heavy atom. The van der Waals surface area contributed by atoms with Gasteiger partial charge in [0.2, 0.25) is 0 Å². The zero-order chi connectivity index (χ0) is 16.3. The highest BCUT2D eigenvalue weighted by Crippen LogP contribution is 2.20. The van der Waals surface area contributed by atoms with Gasteiger partial charge in [0.25, 0.3) is 10.1 Å². The highest BCUT2D eigenvalue weighted by Gasteiger charge is 2.20. The van der Waals surface area contributed by atoms with Crippen LogP contribution in [-0.4, -0.2) is 22.5 Å². The summed E-state index contributed by atoms with van der Waals surface area (Å²) in [5.41, 5.74) is 3.67. The lowest BCUT2D eigenvalue weighted by Crippen LogP contribution is -2.24. The van der Waals surface area contributed by atoms with Gasteiger partial charge >= 0.3 is 0 Å². The molecule has 0 amide bonds. The summed E-state index contributed by atoms with van der Waals surface area (Å²) in [6.45, 7) is 5.51. The molecule has 0 aliphatic heterocycles. The third-order valence-corrected chi connectivity index (χ3v) is 6.48. The molecule has 3 nitrogen and oxygen atoms in total. The molecule has 2 aromatic carbocycles. The quantitative estimate of drug-likeness (QED) is 0.677. The largest absolute Gasteiger partial charge is 0.295 e. The van der Waals surface area contributed by atoms with Crippen LogP contribution in [0.1, 0.15) is 22.3 Å². The molecule has 1 N–H and O–H groups in total. The maximum Gasteiger partial charge on any atom is 0.295 e. The van der Waals surface area contributed by atoms with Crippen molar-refractivity contribution in [2.75, 3.05) is 0 Å². The van der Waals surface area contributed by atoms with Gasteiger partial charge in [-0.25, -0.2) is 0 Å². The second-order valence-corrected chi connectivity index (χ2v) is 8.19. The molecule has 0 bridgehead atoms. The fourth-order valence-electron chi connectivity index (χ4n) is 2.81. The molecule has 2 aromatic rings. The highest BCUT2D eigenvalue weighted by molar-refractivity contribution is 7.86. The smallest absolute Gasteiger partial charge is 0.282 e. The number of rotatable bonds is 5. The van der Waals surface area contributed by atoms with Gasteiger partial charge in [0.1, 0.15) is 0 Å². The van der Waals surface area contributed by atoms with E-state index >= 15 is 0 Å². The average molecular weight is 332 g/mol. The average Bonchev–Trinajstić information content (AvgIpc) is 2.41. The topological polar surface area (TPSA) is 54.4 Å². The lowest BCUT2D eigenvalue weighted by Gasteiger charge is -2.15. The molecule has 0 aliphatic rings. The third-order valence-electron chi connectivity index (χ3n) is 3.72. The molecule has 0 saturated heterocycles. The predicted molar refractivity (Wildman–Crippen MR) is 90.8 cm³/mol. The van der Waals surface area contributed by atoms with E-state index in [2.05, 4.69) is 12.1 Å². The van der Waals surface area contributed by atoms with E-state index in [4.69, 9.17) is 0 Å². The molecule has 2 radical (unpaired) electrons. The van der Waals surface area contributed by atoms with Crippen molar-refractivity contribution < 1.29 is 13.0 Å². The van der Waals surface area contributed by atoms with E-state index < -0.39 is 10.1 Å². The fourth-order valence-corrected chi connectivity index (χ4v) is 5.26. The van der Waals surface area contributed by atoms with E-state index in [0.717, 1.165) is 23.2 Å². The van der Waals surface area contributed by atoms with E-state index in [0.29, 0.717) is 20.6 Å². The Hall–Kier alpha value is -1.43. The SMILES string of the molecule is Cc1cc(C)c(S(=O)(=O)O)c(C)c1[Si]CCc1ccccc1. The van der Waals surface area contributed by atoms with Crippen molar-refractivity contribution in [3.63, 3.8) is 0 Å². The maximum atomic E-state index is 11.6. The summed E-state index contributed by atoms with van der Waals surface area (Å²) in [7, 11) is -3.65. The van der Waals surface area contributed by atoms with Crippen LogP contribution in [-0.2, 0) is 16.5 Å². The van der Waals surface area contributed by atoms with Gasteiger partial charge in [0, 0.05) is 0 Å². The minimum absolute atomic E-state index is 0.0697. The third kappa shape index (κ3) is 3.85. The molecule has 0 saturated carbocycles. The fraction of sp³-hybridized carbons (Fsp3) is 0.294. The standard InChI is InChI=1S/C17H20O3SSi/c1-12-11-13(2)17(14(3)16(12)21(18,19)20)22-10-9-15-7-5-4-6-8-15/h4-8,11H,9-10H2,1-3H3,(H,18,19,20). The van der Waals surface area contributed by atoms with Crippen LogP contribution in [0.5, 0.6) is 0 Å². The van der Waals surface area contributed by atoms with Crippen molar-refractivity contribution in [1.82, 2.24) is 0 Å². The summed E-state index contributed by atoms with van der Waals surface area (Å²) >= 11 is 0. The first-order valence-corrected chi connectivity index (χ1v) is 9.81. The van der Waals surface area contributed by atoms with Gasteiger partial charge < -0.3 is 0 Å². The first-order valence-electron chi connectivity index (χ1n) is 7.17. The molecule has 116 valence electrons. The summed E-state index contributed by atoms with van der Waals surface area (Å²) in [6, 6.07) is 13.1. The van der Waals surface area contributed by atoms with Crippen LogP contribution in [0, 0.1) is 20.8 Å². The van der Waals surface area contributed by atoms with Crippen molar-refractivity contribution in [1.29, 1.82) is 0 Å². The molecule has 0 unspecified atom stereocenters. The molecule has 0 aromatic heterocycles. The maximum absolute atomic E-state index is 11.6. The Morgan fingerprint density at radius 2 is 1.68 bits per heavy atom. The molecule has 0 fully saturated rings. The van der Waals surface area contributed by atoms with E-state index in [1.54, 1.807) is 13.8 Å². The van der Waals surface area contributed by atoms with Gasteiger partial charge in [0.05, 0.1) is 14.4 Å². The van der Waals surface area contributed by atoms with Crippen LogP contribution in [0.4, 0.5) is 0 Å². The first kappa shape index (κ1) is 16.9. The van der Waals surface area contributed by atoms with E-state index in [1.807, 2.05) is 31.2 Å². The Labute approximate surface area is 135 Å². The first-order chi connectivity index (χ1) is 10.3. The number of hydrogen-bond donors (Lipinski definition) is 1. The molecular formula is C17H20O3SSi.